The number of piperidine rings is 1. The van der Waals surface area contributed by atoms with E-state index < -0.39 is 5.54 Å². The molecule has 0 aromatic rings. The lowest BCUT2D eigenvalue weighted by atomic mass is 9.99. The van der Waals surface area contributed by atoms with Crippen molar-refractivity contribution >= 4 is 11.8 Å². The summed E-state index contributed by atoms with van der Waals surface area (Å²) in [4.78, 5) is 24.0. The van der Waals surface area contributed by atoms with Gasteiger partial charge in [0.15, 0.2) is 0 Å². The topological polar surface area (TPSA) is 37.4 Å². The molecule has 0 bridgehead atoms. The molecule has 0 atom stereocenters. The Labute approximate surface area is 78.1 Å². The maximum atomic E-state index is 11.4. The van der Waals surface area contributed by atoms with Crippen LogP contribution in [-0.2, 0) is 9.59 Å². The molecule has 0 aromatic heterocycles. The Morgan fingerprint density at radius 1 is 1.31 bits per heavy atom. The highest BCUT2D eigenvalue weighted by molar-refractivity contribution is 5.98. The van der Waals surface area contributed by atoms with E-state index in [1.165, 1.54) is 4.90 Å². The Kier molecular flexibility index (Phi) is 2.42. The zero-order valence-electron chi connectivity index (χ0n) is 7.96. The van der Waals surface area contributed by atoms with E-state index in [-0.39, 0.29) is 11.8 Å². The van der Waals surface area contributed by atoms with Gasteiger partial charge in [0.25, 0.3) is 0 Å². The van der Waals surface area contributed by atoms with Crippen LogP contribution < -0.4 is 0 Å². The molecule has 0 aliphatic carbocycles. The van der Waals surface area contributed by atoms with Crippen molar-refractivity contribution in [2.45, 2.75) is 38.6 Å². The fraction of sp³-hybridized carbons (Fsp3) is 0.600. The molecule has 0 saturated carbocycles. The average Bonchev–Trinajstić information content (AvgIpc) is 2.03. The van der Waals surface area contributed by atoms with Gasteiger partial charge < -0.3 is 0 Å². The standard InChI is InChI=1S/C10H13NO2/c1-4-10(2,3)11-8(12)6-5-7-9(11)13/h1H,5-7H2,2-3H3. The Morgan fingerprint density at radius 3 is 2.15 bits per heavy atom. The summed E-state index contributed by atoms with van der Waals surface area (Å²) in [7, 11) is 0. The Morgan fingerprint density at radius 2 is 1.77 bits per heavy atom. The van der Waals surface area contributed by atoms with E-state index in [0.717, 1.165) is 0 Å². The van der Waals surface area contributed by atoms with Crippen molar-refractivity contribution in [3.8, 4) is 12.3 Å². The van der Waals surface area contributed by atoms with Crippen LogP contribution in [0.5, 0.6) is 0 Å². The highest BCUT2D eigenvalue weighted by atomic mass is 16.2. The molecule has 70 valence electrons. The molecule has 1 aliphatic heterocycles. The molecule has 0 spiro atoms. The third-order valence-electron chi connectivity index (χ3n) is 2.19. The van der Waals surface area contributed by atoms with Crippen molar-refractivity contribution < 1.29 is 9.59 Å². The quantitative estimate of drug-likeness (QED) is 0.443. The third kappa shape index (κ3) is 1.72. The molecule has 1 saturated heterocycles. The zero-order valence-corrected chi connectivity index (χ0v) is 7.96. The van der Waals surface area contributed by atoms with Gasteiger partial charge in [0.1, 0.15) is 5.54 Å². The highest BCUT2D eigenvalue weighted by Gasteiger charge is 2.36. The third-order valence-corrected chi connectivity index (χ3v) is 2.19. The predicted octanol–water partition coefficient (Wildman–Crippen LogP) is 0.937. The van der Waals surface area contributed by atoms with Gasteiger partial charge in [-0.15, -0.1) is 6.42 Å². The molecule has 3 heteroatoms. The lowest BCUT2D eigenvalue weighted by molar-refractivity contribution is -0.152. The number of terminal acetylenes is 1. The second kappa shape index (κ2) is 3.21. The zero-order chi connectivity index (χ0) is 10.1. The average molecular weight is 179 g/mol. The molecule has 1 heterocycles. The number of carbonyl (C=O) groups excluding carboxylic acids is 2. The van der Waals surface area contributed by atoms with Crippen LogP contribution in [0.15, 0.2) is 0 Å². The fourth-order valence-corrected chi connectivity index (χ4v) is 1.44. The van der Waals surface area contributed by atoms with Crippen LogP contribution in [-0.4, -0.2) is 22.3 Å². The number of imide groups is 1. The van der Waals surface area contributed by atoms with Crippen LogP contribution >= 0.6 is 0 Å². The number of likely N-dealkylation sites (tertiary alicyclic amines) is 1. The first kappa shape index (κ1) is 9.79. The molecule has 1 rings (SSSR count). The van der Waals surface area contributed by atoms with E-state index in [1.807, 2.05) is 0 Å². The van der Waals surface area contributed by atoms with E-state index in [2.05, 4.69) is 5.92 Å². The number of nitrogens with zero attached hydrogens (tertiary/aromatic N) is 1. The minimum absolute atomic E-state index is 0.154. The molecule has 0 N–H and O–H groups in total. The van der Waals surface area contributed by atoms with Gasteiger partial charge in [-0.25, -0.2) is 0 Å². The first-order valence-electron chi connectivity index (χ1n) is 4.32. The summed E-state index contributed by atoms with van der Waals surface area (Å²) < 4.78 is 0. The van der Waals surface area contributed by atoms with Gasteiger partial charge in [-0.3, -0.25) is 14.5 Å². The van der Waals surface area contributed by atoms with Crippen LogP contribution in [0, 0.1) is 12.3 Å². The minimum atomic E-state index is -0.783. The Balaban J connectivity index is 2.94. The van der Waals surface area contributed by atoms with E-state index in [1.54, 1.807) is 13.8 Å². The summed E-state index contributed by atoms with van der Waals surface area (Å²) in [5, 5.41) is 0. The van der Waals surface area contributed by atoms with Crippen molar-refractivity contribution in [3.05, 3.63) is 0 Å². The normalized spacial score (nSPS) is 18.7. The summed E-state index contributed by atoms with van der Waals surface area (Å²) in [5.74, 6) is 2.15. The Bertz CT molecular complexity index is 270. The summed E-state index contributed by atoms with van der Waals surface area (Å²) >= 11 is 0. The summed E-state index contributed by atoms with van der Waals surface area (Å²) in [5.41, 5.74) is -0.783. The van der Waals surface area contributed by atoms with Gasteiger partial charge in [0.2, 0.25) is 11.8 Å². The van der Waals surface area contributed by atoms with E-state index in [9.17, 15) is 9.59 Å². The van der Waals surface area contributed by atoms with Crippen molar-refractivity contribution in [2.24, 2.45) is 0 Å². The molecule has 0 aromatic carbocycles. The predicted molar refractivity (Wildman–Crippen MR) is 48.6 cm³/mol. The van der Waals surface area contributed by atoms with E-state index >= 15 is 0 Å². The van der Waals surface area contributed by atoms with Crippen molar-refractivity contribution in [3.63, 3.8) is 0 Å². The molecule has 1 fully saturated rings. The first-order valence-corrected chi connectivity index (χ1v) is 4.32. The number of amides is 2. The summed E-state index contributed by atoms with van der Waals surface area (Å²) in [6, 6.07) is 0. The van der Waals surface area contributed by atoms with Crippen LogP contribution in [0.25, 0.3) is 0 Å². The lowest BCUT2D eigenvalue weighted by Gasteiger charge is -2.35. The van der Waals surface area contributed by atoms with Crippen molar-refractivity contribution in [2.75, 3.05) is 0 Å². The summed E-state index contributed by atoms with van der Waals surface area (Å²) in [6.45, 7) is 3.40. The SMILES string of the molecule is C#CC(C)(C)N1C(=O)CCCC1=O. The van der Waals surface area contributed by atoms with Crippen LogP contribution in [0.4, 0.5) is 0 Å². The van der Waals surface area contributed by atoms with Crippen molar-refractivity contribution in [1.82, 2.24) is 4.90 Å². The Hall–Kier alpha value is -1.30. The number of hydrogen-bond donors (Lipinski definition) is 0. The van der Waals surface area contributed by atoms with Gasteiger partial charge in [-0.1, -0.05) is 5.92 Å². The number of carbonyl (C=O) groups is 2. The maximum absolute atomic E-state index is 11.4. The number of rotatable bonds is 1. The number of hydrogen-bond acceptors (Lipinski definition) is 2. The molecule has 3 nitrogen and oxygen atoms in total. The largest absolute Gasteiger partial charge is 0.274 e. The van der Waals surface area contributed by atoms with Crippen molar-refractivity contribution in [1.29, 1.82) is 0 Å². The van der Waals surface area contributed by atoms with E-state index in [4.69, 9.17) is 6.42 Å². The minimum Gasteiger partial charge on any atom is -0.274 e. The van der Waals surface area contributed by atoms with Gasteiger partial charge in [-0.05, 0) is 20.3 Å². The van der Waals surface area contributed by atoms with Gasteiger partial charge >= 0.3 is 0 Å². The molecule has 0 unspecified atom stereocenters. The van der Waals surface area contributed by atoms with Crippen LogP contribution in [0.1, 0.15) is 33.1 Å². The van der Waals surface area contributed by atoms with Gasteiger partial charge in [0.05, 0.1) is 0 Å². The van der Waals surface area contributed by atoms with Crippen LogP contribution in [0.2, 0.25) is 0 Å². The highest BCUT2D eigenvalue weighted by Crippen LogP contribution is 2.21. The fourth-order valence-electron chi connectivity index (χ4n) is 1.44. The summed E-state index contributed by atoms with van der Waals surface area (Å²) in [6.07, 6.45) is 6.77. The van der Waals surface area contributed by atoms with Gasteiger partial charge in [0, 0.05) is 12.8 Å². The van der Waals surface area contributed by atoms with E-state index in [0.29, 0.717) is 19.3 Å². The second-order valence-electron chi connectivity index (χ2n) is 3.68. The molecule has 1 aliphatic rings. The molecule has 0 radical (unpaired) electrons. The second-order valence-corrected chi connectivity index (χ2v) is 3.68. The monoisotopic (exact) mass is 179 g/mol. The molecule has 13 heavy (non-hydrogen) atoms. The van der Waals surface area contributed by atoms with Gasteiger partial charge in [-0.2, -0.15) is 0 Å². The molecule has 2 amide bonds. The molecular formula is C10H13NO2. The maximum Gasteiger partial charge on any atom is 0.230 e. The first-order chi connectivity index (χ1) is 5.99. The molecular weight excluding hydrogens is 166 g/mol. The van der Waals surface area contributed by atoms with Crippen LogP contribution in [0.3, 0.4) is 0 Å². The lowest BCUT2D eigenvalue weighted by Crippen LogP contribution is -2.52. The smallest absolute Gasteiger partial charge is 0.230 e.